The zero-order valence-corrected chi connectivity index (χ0v) is 12.4. The second-order valence-corrected chi connectivity index (χ2v) is 5.76. The molecule has 2 atom stereocenters. The number of methoxy groups -OCH3 is 1. The number of hydrogen-bond acceptors (Lipinski definition) is 4. The molecule has 5 nitrogen and oxygen atoms in total. The van der Waals surface area contributed by atoms with Gasteiger partial charge in [0.05, 0.1) is 12.3 Å². The van der Waals surface area contributed by atoms with Crippen LogP contribution in [0.2, 0.25) is 0 Å². The predicted molar refractivity (Wildman–Crippen MR) is 78.8 cm³/mol. The quantitative estimate of drug-likeness (QED) is 0.779. The van der Waals surface area contributed by atoms with Crippen molar-refractivity contribution in [1.29, 1.82) is 0 Å². The van der Waals surface area contributed by atoms with Gasteiger partial charge in [0.2, 0.25) is 0 Å². The molecule has 0 bridgehead atoms. The molecular formula is C15H25N3O2. The van der Waals surface area contributed by atoms with Crippen molar-refractivity contribution in [2.45, 2.75) is 45.1 Å². The van der Waals surface area contributed by atoms with Crippen LogP contribution in [0, 0.1) is 5.92 Å². The number of rotatable bonds is 6. The maximum atomic E-state index is 11.8. The molecule has 1 fully saturated rings. The number of ether oxygens (including phenoxy) is 1. The fourth-order valence-corrected chi connectivity index (χ4v) is 2.89. The normalized spacial score (nSPS) is 22.9. The molecule has 0 spiro atoms. The third-order valence-corrected chi connectivity index (χ3v) is 3.93. The molecule has 0 amide bonds. The summed E-state index contributed by atoms with van der Waals surface area (Å²) >= 11 is 0. The number of aromatic amines is 1. The Morgan fingerprint density at radius 3 is 3.10 bits per heavy atom. The number of nitrogens with one attached hydrogen (secondary N) is 2. The molecule has 2 rings (SSSR count). The standard InChI is InChI=1S/C15H25N3O2/c1-11-4-3-5-12(8-11)15-17-13(9-14(19)18-15)10-16-6-7-20-2/h9,11-12,16H,3-8,10H2,1-2H3,(H,17,18,19). The van der Waals surface area contributed by atoms with E-state index in [4.69, 9.17) is 4.74 Å². The lowest BCUT2D eigenvalue weighted by molar-refractivity contribution is 0.199. The summed E-state index contributed by atoms with van der Waals surface area (Å²) in [6.07, 6.45) is 4.78. The summed E-state index contributed by atoms with van der Waals surface area (Å²) in [5.41, 5.74) is 0.773. The Bertz CT molecular complexity index is 472. The minimum absolute atomic E-state index is 0.0447. The van der Waals surface area contributed by atoms with Crippen LogP contribution in [-0.2, 0) is 11.3 Å². The van der Waals surface area contributed by atoms with E-state index in [2.05, 4.69) is 22.2 Å². The van der Waals surface area contributed by atoms with E-state index >= 15 is 0 Å². The van der Waals surface area contributed by atoms with E-state index in [9.17, 15) is 4.79 Å². The summed E-state index contributed by atoms with van der Waals surface area (Å²) in [7, 11) is 1.68. The van der Waals surface area contributed by atoms with Crippen LogP contribution in [0.25, 0.3) is 0 Å². The molecule has 112 valence electrons. The van der Waals surface area contributed by atoms with Gasteiger partial charge in [0.25, 0.3) is 5.56 Å². The van der Waals surface area contributed by atoms with Crippen molar-refractivity contribution in [2.75, 3.05) is 20.3 Å². The molecule has 1 saturated carbocycles. The minimum atomic E-state index is -0.0447. The van der Waals surface area contributed by atoms with Crippen LogP contribution in [0.5, 0.6) is 0 Å². The first-order valence-corrected chi connectivity index (χ1v) is 7.49. The minimum Gasteiger partial charge on any atom is -0.383 e. The molecule has 0 aromatic carbocycles. The van der Waals surface area contributed by atoms with Gasteiger partial charge in [-0.2, -0.15) is 0 Å². The highest BCUT2D eigenvalue weighted by Gasteiger charge is 2.22. The summed E-state index contributed by atoms with van der Waals surface area (Å²) in [6, 6.07) is 1.58. The molecule has 1 heterocycles. The molecule has 0 saturated heterocycles. The summed E-state index contributed by atoms with van der Waals surface area (Å²) < 4.78 is 4.98. The Morgan fingerprint density at radius 1 is 1.50 bits per heavy atom. The Morgan fingerprint density at radius 2 is 2.35 bits per heavy atom. The van der Waals surface area contributed by atoms with Gasteiger partial charge in [0.15, 0.2) is 0 Å². The topological polar surface area (TPSA) is 67.0 Å². The lowest BCUT2D eigenvalue weighted by Crippen LogP contribution is -2.23. The Hall–Kier alpha value is -1.20. The lowest BCUT2D eigenvalue weighted by Gasteiger charge is -2.26. The van der Waals surface area contributed by atoms with Crippen LogP contribution in [0.3, 0.4) is 0 Å². The first kappa shape index (κ1) is 15.2. The van der Waals surface area contributed by atoms with Crippen molar-refractivity contribution in [3.8, 4) is 0 Å². The number of H-pyrrole nitrogens is 1. The lowest BCUT2D eigenvalue weighted by atomic mass is 9.82. The summed E-state index contributed by atoms with van der Waals surface area (Å²) in [4.78, 5) is 19.3. The molecule has 1 aromatic heterocycles. The smallest absolute Gasteiger partial charge is 0.251 e. The van der Waals surface area contributed by atoms with Crippen molar-refractivity contribution in [3.63, 3.8) is 0 Å². The molecule has 1 aliphatic rings. The molecule has 20 heavy (non-hydrogen) atoms. The fraction of sp³-hybridized carbons (Fsp3) is 0.733. The van der Waals surface area contributed by atoms with E-state index in [1.807, 2.05) is 0 Å². The number of nitrogens with zero attached hydrogens (tertiary/aromatic N) is 1. The molecular weight excluding hydrogens is 254 g/mol. The van der Waals surface area contributed by atoms with Crippen molar-refractivity contribution >= 4 is 0 Å². The molecule has 1 aliphatic carbocycles. The average molecular weight is 279 g/mol. The largest absolute Gasteiger partial charge is 0.383 e. The van der Waals surface area contributed by atoms with Crippen LogP contribution in [0.1, 0.15) is 50.0 Å². The Balaban J connectivity index is 2.02. The van der Waals surface area contributed by atoms with Crippen LogP contribution in [0.4, 0.5) is 0 Å². The average Bonchev–Trinajstić information content (AvgIpc) is 2.43. The number of hydrogen-bond donors (Lipinski definition) is 2. The maximum absolute atomic E-state index is 11.8. The van der Waals surface area contributed by atoms with E-state index in [0.717, 1.165) is 36.8 Å². The molecule has 2 N–H and O–H groups in total. The summed E-state index contributed by atoms with van der Waals surface area (Å²) in [5, 5.41) is 3.23. The molecule has 0 aliphatic heterocycles. The molecule has 5 heteroatoms. The zero-order valence-electron chi connectivity index (χ0n) is 12.4. The third kappa shape index (κ3) is 4.42. The second kappa shape index (κ2) is 7.55. The van der Waals surface area contributed by atoms with Crippen molar-refractivity contribution in [3.05, 3.63) is 27.9 Å². The van der Waals surface area contributed by atoms with Gasteiger partial charge in [-0.3, -0.25) is 4.79 Å². The highest BCUT2D eigenvalue weighted by molar-refractivity contribution is 5.07. The molecule has 1 aromatic rings. The van der Waals surface area contributed by atoms with E-state index in [1.165, 1.54) is 12.8 Å². The van der Waals surface area contributed by atoms with Crippen LogP contribution >= 0.6 is 0 Å². The molecule has 0 radical (unpaired) electrons. The van der Waals surface area contributed by atoms with Gasteiger partial charge in [-0.1, -0.05) is 19.8 Å². The predicted octanol–water partition coefficient (Wildman–Crippen LogP) is 1.80. The first-order chi connectivity index (χ1) is 9.69. The monoisotopic (exact) mass is 279 g/mol. The number of aromatic nitrogens is 2. The zero-order chi connectivity index (χ0) is 14.4. The van der Waals surface area contributed by atoms with Crippen molar-refractivity contribution in [1.82, 2.24) is 15.3 Å². The van der Waals surface area contributed by atoms with Crippen LogP contribution < -0.4 is 10.9 Å². The first-order valence-electron chi connectivity index (χ1n) is 7.49. The molecule has 2 unspecified atom stereocenters. The maximum Gasteiger partial charge on any atom is 0.251 e. The van der Waals surface area contributed by atoms with E-state index in [-0.39, 0.29) is 5.56 Å². The highest BCUT2D eigenvalue weighted by atomic mass is 16.5. The van der Waals surface area contributed by atoms with Gasteiger partial charge in [-0.15, -0.1) is 0 Å². The van der Waals surface area contributed by atoms with Crippen molar-refractivity contribution in [2.24, 2.45) is 5.92 Å². The van der Waals surface area contributed by atoms with E-state index in [1.54, 1.807) is 13.2 Å². The highest BCUT2D eigenvalue weighted by Crippen LogP contribution is 2.33. The van der Waals surface area contributed by atoms with Gasteiger partial charge in [-0.05, 0) is 18.8 Å². The van der Waals surface area contributed by atoms with Gasteiger partial charge in [-0.25, -0.2) is 4.98 Å². The third-order valence-electron chi connectivity index (χ3n) is 3.93. The van der Waals surface area contributed by atoms with Gasteiger partial charge in [0.1, 0.15) is 5.82 Å². The fourth-order valence-electron chi connectivity index (χ4n) is 2.89. The van der Waals surface area contributed by atoms with Gasteiger partial charge < -0.3 is 15.0 Å². The Labute approximate surface area is 120 Å². The SMILES string of the molecule is COCCNCc1cc(=O)[nH]c(C2CCCC(C)C2)n1. The summed E-state index contributed by atoms with van der Waals surface area (Å²) in [6.45, 7) is 4.32. The van der Waals surface area contributed by atoms with Gasteiger partial charge in [0, 0.05) is 32.2 Å². The van der Waals surface area contributed by atoms with E-state index in [0.29, 0.717) is 19.1 Å². The van der Waals surface area contributed by atoms with Crippen molar-refractivity contribution < 1.29 is 4.74 Å². The van der Waals surface area contributed by atoms with Crippen LogP contribution in [0.15, 0.2) is 10.9 Å². The Kier molecular flexibility index (Phi) is 5.73. The van der Waals surface area contributed by atoms with Gasteiger partial charge >= 0.3 is 0 Å². The second-order valence-electron chi connectivity index (χ2n) is 5.76. The van der Waals surface area contributed by atoms with Crippen LogP contribution in [-0.4, -0.2) is 30.2 Å². The summed E-state index contributed by atoms with van der Waals surface area (Å²) in [5.74, 6) is 2.00. The van der Waals surface area contributed by atoms with E-state index < -0.39 is 0 Å².